The van der Waals surface area contributed by atoms with Crippen LogP contribution in [0.3, 0.4) is 0 Å². The van der Waals surface area contributed by atoms with Gasteiger partial charge in [0.2, 0.25) is 0 Å². The molecule has 1 rings (SSSR count). The first-order chi connectivity index (χ1) is 8.36. The van der Waals surface area contributed by atoms with Crippen LogP contribution in [0.25, 0.3) is 0 Å². The summed E-state index contributed by atoms with van der Waals surface area (Å²) in [5.74, 6) is -1.05. The number of aliphatic carboxylic acids is 1. The van der Waals surface area contributed by atoms with Crippen molar-refractivity contribution in [2.45, 2.75) is 32.1 Å². The maximum atomic E-state index is 12.1. The number of aliphatic hydroxyl groups excluding tert-OH is 1. The predicted molar refractivity (Wildman–Crippen MR) is 63.3 cm³/mol. The lowest BCUT2D eigenvalue weighted by atomic mass is 10.2. The second kappa shape index (κ2) is 6.01. The van der Waals surface area contributed by atoms with E-state index in [0.29, 0.717) is 6.54 Å². The van der Waals surface area contributed by atoms with E-state index in [1.54, 1.807) is 0 Å². The Bertz CT molecular complexity index is 323. The Kier molecular flexibility index (Phi) is 4.92. The minimum atomic E-state index is -1.05. The number of carboxylic acid groups (broad SMARTS) is 1. The zero-order valence-corrected chi connectivity index (χ0v) is 10.9. The van der Waals surface area contributed by atoms with Crippen molar-refractivity contribution in [2.24, 2.45) is 0 Å². The van der Waals surface area contributed by atoms with Crippen LogP contribution in [-0.4, -0.2) is 77.0 Å². The molecule has 0 spiro atoms. The summed E-state index contributed by atoms with van der Waals surface area (Å²) in [7, 11) is 1.45. The number of hydrogen-bond donors (Lipinski definition) is 2. The molecule has 2 N–H and O–H groups in total. The fourth-order valence-corrected chi connectivity index (χ4v) is 1.86. The molecule has 1 aliphatic rings. The van der Waals surface area contributed by atoms with E-state index in [1.807, 2.05) is 6.92 Å². The molecule has 1 fully saturated rings. The van der Waals surface area contributed by atoms with Gasteiger partial charge in [-0.1, -0.05) is 0 Å². The number of likely N-dealkylation sites (N-methyl/N-ethyl adjacent to an activating group) is 1. The summed E-state index contributed by atoms with van der Waals surface area (Å²) in [4.78, 5) is 25.6. The molecule has 0 aromatic heterocycles. The van der Waals surface area contributed by atoms with Crippen LogP contribution in [0, 0.1) is 0 Å². The normalized spacial score (nSPS) is 25.7. The van der Waals surface area contributed by atoms with Crippen LogP contribution in [0.5, 0.6) is 0 Å². The Morgan fingerprint density at radius 3 is 2.61 bits per heavy atom. The fraction of sp³-hybridized carbons (Fsp3) is 0.818. The Labute approximate surface area is 106 Å². The van der Waals surface area contributed by atoms with Gasteiger partial charge in [0.15, 0.2) is 0 Å². The molecule has 0 aromatic rings. The number of ether oxygens (including phenoxy) is 1. The Morgan fingerprint density at radius 2 is 2.11 bits per heavy atom. The van der Waals surface area contributed by atoms with Crippen LogP contribution in [-0.2, 0) is 9.53 Å². The summed E-state index contributed by atoms with van der Waals surface area (Å²) >= 11 is 0. The van der Waals surface area contributed by atoms with Crippen LogP contribution in [0.1, 0.15) is 13.8 Å². The van der Waals surface area contributed by atoms with Gasteiger partial charge in [-0.2, -0.15) is 0 Å². The van der Waals surface area contributed by atoms with E-state index in [1.165, 1.54) is 23.8 Å². The smallest absolute Gasteiger partial charge is 0.326 e. The molecule has 7 heteroatoms. The van der Waals surface area contributed by atoms with Crippen molar-refractivity contribution >= 4 is 12.0 Å². The average molecular weight is 260 g/mol. The van der Waals surface area contributed by atoms with E-state index in [-0.39, 0.29) is 25.3 Å². The second-order valence-corrected chi connectivity index (χ2v) is 4.56. The molecule has 2 amide bonds. The maximum absolute atomic E-state index is 12.1. The number of carboxylic acids is 1. The van der Waals surface area contributed by atoms with Crippen LogP contribution < -0.4 is 0 Å². The van der Waals surface area contributed by atoms with Gasteiger partial charge in [-0.3, -0.25) is 0 Å². The van der Waals surface area contributed by atoms with Gasteiger partial charge in [0.05, 0.1) is 25.4 Å². The third-order valence-electron chi connectivity index (χ3n) is 3.04. The Hall–Kier alpha value is -1.34. The molecule has 7 nitrogen and oxygen atoms in total. The number of carbonyl (C=O) groups excluding carboxylic acids is 1. The number of rotatable bonds is 3. The molecule has 1 saturated heterocycles. The molecule has 0 bridgehead atoms. The first kappa shape index (κ1) is 14.7. The topological polar surface area (TPSA) is 90.3 Å². The standard InChI is InChI=1S/C11H20N2O5/c1-7-4-13(5-9(6-14)18-7)11(17)12(3)8(2)10(15)16/h7-9,14H,4-6H2,1-3H3,(H,15,16). The minimum absolute atomic E-state index is 0.160. The SMILES string of the molecule is CC1CN(C(=O)N(C)C(C)C(=O)O)CC(CO)O1. The van der Waals surface area contributed by atoms with Crippen molar-refractivity contribution in [1.29, 1.82) is 0 Å². The number of amides is 2. The number of aliphatic hydroxyl groups is 1. The van der Waals surface area contributed by atoms with Gasteiger partial charge in [-0.05, 0) is 13.8 Å². The van der Waals surface area contributed by atoms with Gasteiger partial charge in [0, 0.05) is 13.6 Å². The van der Waals surface area contributed by atoms with Gasteiger partial charge in [-0.15, -0.1) is 0 Å². The highest BCUT2D eigenvalue weighted by Gasteiger charge is 2.32. The van der Waals surface area contributed by atoms with Crippen molar-refractivity contribution in [1.82, 2.24) is 9.80 Å². The van der Waals surface area contributed by atoms with Crippen molar-refractivity contribution < 1.29 is 24.5 Å². The number of urea groups is 1. The molecule has 0 saturated carbocycles. The molecular weight excluding hydrogens is 240 g/mol. The minimum Gasteiger partial charge on any atom is -0.480 e. The number of hydrogen-bond acceptors (Lipinski definition) is 4. The van der Waals surface area contributed by atoms with E-state index in [2.05, 4.69) is 0 Å². The zero-order chi connectivity index (χ0) is 13.9. The summed E-state index contributed by atoms with van der Waals surface area (Å²) in [6.45, 7) is 3.77. The first-order valence-corrected chi connectivity index (χ1v) is 5.87. The first-order valence-electron chi connectivity index (χ1n) is 5.87. The van der Waals surface area contributed by atoms with E-state index in [9.17, 15) is 9.59 Å². The molecule has 1 heterocycles. The highest BCUT2D eigenvalue weighted by molar-refractivity contribution is 5.82. The average Bonchev–Trinajstić information content (AvgIpc) is 2.34. The number of carbonyl (C=O) groups is 2. The van der Waals surface area contributed by atoms with E-state index >= 15 is 0 Å². The van der Waals surface area contributed by atoms with Gasteiger partial charge in [0.1, 0.15) is 6.04 Å². The lowest BCUT2D eigenvalue weighted by molar-refractivity contribution is -0.141. The summed E-state index contributed by atoms with van der Waals surface area (Å²) < 4.78 is 5.42. The monoisotopic (exact) mass is 260 g/mol. The highest BCUT2D eigenvalue weighted by atomic mass is 16.5. The fourth-order valence-electron chi connectivity index (χ4n) is 1.86. The predicted octanol–water partition coefficient (Wildman–Crippen LogP) is -0.407. The van der Waals surface area contributed by atoms with Crippen molar-refractivity contribution in [3.05, 3.63) is 0 Å². The van der Waals surface area contributed by atoms with Crippen LogP contribution >= 0.6 is 0 Å². The van der Waals surface area contributed by atoms with E-state index in [0.717, 1.165) is 0 Å². The quantitative estimate of drug-likeness (QED) is 0.720. The lowest BCUT2D eigenvalue weighted by Crippen LogP contribution is -2.55. The van der Waals surface area contributed by atoms with Crippen LogP contribution in [0.4, 0.5) is 4.79 Å². The van der Waals surface area contributed by atoms with Crippen LogP contribution in [0.2, 0.25) is 0 Å². The zero-order valence-electron chi connectivity index (χ0n) is 10.9. The van der Waals surface area contributed by atoms with Gasteiger partial charge >= 0.3 is 12.0 Å². The molecule has 18 heavy (non-hydrogen) atoms. The van der Waals surface area contributed by atoms with Crippen LogP contribution in [0.15, 0.2) is 0 Å². The molecule has 3 unspecified atom stereocenters. The van der Waals surface area contributed by atoms with Gasteiger partial charge in [0.25, 0.3) is 0 Å². The maximum Gasteiger partial charge on any atom is 0.326 e. The van der Waals surface area contributed by atoms with E-state index < -0.39 is 18.1 Å². The van der Waals surface area contributed by atoms with Crippen molar-refractivity contribution in [3.8, 4) is 0 Å². The summed E-state index contributed by atoms with van der Waals surface area (Å²) in [6.07, 6.45) is -0.584. The van der Waals surface area contributed by atoms with E-state index in [4.69, 9.17) is 14.9 Å². The summed E-state index contributed by atoms with van der Waals surface area (Å²) in [5, 5.41) is 17.9. The third kappa shape index (κ3) is 3.33. The molecular formula is C11H20N2O5. The van der Waals surface area contributed by atoms with Gasteiger partial charge in [-0.25, -0.2) is 9.59 Å². The Morgan fingerprint density at radius 1 is 1.50 bits per heavy atom. The second-order valence-electron chi connectivity index (χ2n) is 4.56. The molecule has 1 aliphatic heterocycles. The van der Waals surface area contributed by atoms with Crippen molar-refractivity contribution in [3.63, 3.8) is 0 Å². The molecule has 0 radical (unpaired) electrons. The molecule has 104 valence electrons. The van der Waals surface area contributed by atoms with Crippen molar-refractivity contribution in [2.75, 3.05) is 26.7 Å². The summed E-state index contributed by atoms with van der Waals surface area (Å²) in [6, 6.07) is -1.25. The molecule has 3 atom stereocenters. The Balaban J connectivity index is 2.68. The third-order valence-corrected chi connectivity index (χ3v) is 3.04. The van der Waals surface area contributed by atoms with Gasteiger partial charge < -0.3 is 24.7 Å². The number of morpholine rings is 1. The molecule has 0 aliphatic carbocycles. The highest BCUT2D eigenvalue weighted by Crippen LogP contribution is 2.13. The largest absolute Gasteiger partial charge is 0.480 e. The summed E-state index contributed by atoms with van der Waals surface area (Å²) in [5.41, 5.74) is 0. The number of nitrogens with zero attached hydrogens (tertiary/aromatic N) is 2. The molecule has 0 aromatic carbocycles. The lowest BCUT2D eigenvalue weighted by Gasteiger charge is -2.38.